The number of para-hydroxylation sites is 2. The Bertz CT molecular complexity index is 960. The molecule has 1 aromatic carbocycles. The van der Waals surface area contributed by atoms with Gasteiger partial charge in [-0.25, -0.2) is 4.79 Å². The molecule has 2 N–H and O–H groups in total. The standard InChI is InChI=1S/C23H25N3O2S/c27-19-12-5-10-17-21(19)22(20-13-6-14-29-20)26(18-11-4-3-9-16(18)25-17)23(28)24-15-7-1-2-8-15/h3-4,6,9,11,13-15,22,25H,1-2,5,7-8,10,12H2,(H,24,28)/t22-/m0/s1. The number of allylic oxidation sites excluding steroid dienone is 1. The van der Waals surface area contributed by atoms with Crippen LogP contribution in [-0.4, -0.2) is 17.9 Å². The minimum atomic E-state index is -0.393. The fraction of sp³-hybridized carbons (Fsp3) is 0.391. The third kappa shape index (κ3) is 3.35. The summed E-state index contributed by atoms with van der Waals surface area (Å²) in [5, 5.41) is 8.77. The number of benzene rings is 1. The van der Waals surface area contributed by atoms with Gasteiger partial charge in [-0.3, -0.25) is 9.69 Å². The first-order chi connectivity index (χ1) is 14.2. The zero-order valence-electron chi connectivity index (χ0n) is 16.3. The average Bonchev–Trinajstić information content (AvgIpc) is 3.40. The van der Waals surface area contributed by atoms with Gasteiger partial charge in [0, 0.05) is 28.6 Å². The second-order valence-electron chi connectivity index (χ2n) is 8.03. The van der Waals surface area contributed by atoms with Crippen molar-refractivity contribution in [3.63, 3.8) is 0 Å². The number of fused-ring (bicyclic) bond motifs is 1. The third-order valence-corrected chi connectivity index (χ3v) is 7.08. The summed E-state index contributed by atoms with van der Waals surface area (Å²) in [5.41, 5.74) is 3.42. The van der Waals surface area contributed by atoms with E-state index in [2.05, 4.69) is 10.6 Å². The molecule has 2 heterocycles. The molecule has 0 saturated heterocycles. The highest BCUT2D eigenvalue weighted by Gasteiger charge is 2.40. The number of urea groups is 1. The Balaban J connectivity index is 1.66. The number of hydrogen-bond donors (Lipinski definition) is 2. The number of hydrogen-bond acceptors (Lipinski definition) is 4. The highest BCUT2D eigenvalue weighted by atomic mass is 32.1. The first-order valence-corrected chi connectivity index (χ1v) is 11.4. The smallest absolute Gasteiger partial charge is 0.323 e. The average molecular weight is 408 g/mol. The lowest BCUT2D eigenvalue weighted by Crippen LogP contribution is -2.47. The van der Waals surface area contributed by atoms with E-state index in [4.69, 9.17) is 0 Å². The second kappa shape index (κ2) is 7.67. The van der Waals surface area contributed by atoms with Crippen molar-refractivity contribution < 1.29 is 9.59 Å². The number of thiophene rings is 1. The fourth-order valence-corrected chi connectivity index (χ4v) is 5.61. The number of carbonyl (C=O) groups excluding carboxylic acids is 2. The van der Waals surface area contributed by atoms with Crippen LogP contribution in [0.5, 0.6) is 0 Å². The summed E-state index contributed by atoms with van der Waals surface area (Å²) in [5.74, 6) is 0.142. The third-order valence-electron chi connectivity index (χ3n) is 6.15. The van der Waals surface area contributed by atoms with Crippen molar-refractivity contribution in [1.29, 1.82) is 0 Å². The molecule has 0 radical (unpaired) electrons. The van der Waals surface area contributed by atoms with Crippen molar-refractivity contribution in [2.45, 2.75) is 57.0 Å². The minimum Gasteiger partial charge on any atom is -0.357 e. The Morgan fingerprint density at radius 3 is 2.69 bits per heavy atom. The van der Waals surface area contributed by atoms with Crippen LogP contribution in [0.2, 0.25) is 0 Å². The van der Waals surface area contributed by atoms with Gasteiger partial charge in [0.15, 0.2) is 5.78 Å². The van der Waals surface area contributed by atoms with Gasteiger partial charge in [0.05, 0.1) is 11.4 Å². The zero-order valence-corrected chi connectivity index (χ0v) is 17.1. The second-order valence-corrected chi connectivity index (χ2v) is 9.01. The van der Waals surface area contributed by atoms with Crippen LogP contribution in [0.3, 0.4) is 0 Å². The summed E-state index contributed by atoms with van der Waals surface area (Å²) < 4.78 is 0. The molecule has 1 aliphatic heterocycles. The number of rotatable bonds is 2. The molecule has 5 nitrogen and oxygen atoms in total. The number of ketones is 1. The van der Waals surface area contributed by atoms with Gasteiger partial charge in [-0.1, -0.05) is 31.0 Å². The normalized spacial score (nSPS) is 22.0. The Morgan fingerprint density at radius 1 is 1.07 bits per heavy atom. The molecule has 150 valence electrons. The molecule has 1 fully saturated rings. The van der Waals surface area contributed by atoms with E-state index in [-0.39, 0.29) is 17.9 Å². The predicted octanol–water partition coefficient (Wildman–Crippen LogP) is 5.38. The van der Waals surface area contributed by atoms with Crippen molar-refractivity contribution in [1.82, 2.24) is 5.32 Å². The molecule has 2 amide bonds. The highest BCUT2D eigenvalue weighted by molar-refractivity contribution is 7.10. The summed E-state index contributed by atoms with van der Waals surface area (Å²) >= 11 is 1.60. The van der Waals surface area contributed by atoms with Gasteiger partial charge in [-0.15, -0.1) is 11.3 Å². The van der Waals surface area contributed by atoms with Gasteiger partial charge in [-0.05, 0) is 49.3 Å². The first-order valence-electron chi connectivity index (χ1n) is 10.5. The summed E-state index contributed by atoms with van der Waals surface area (Å²) in [6.07, 6.45) is 6.58. The number of carbonyl (C=O) groups is 2. The van der Waals surface area contributed by atoms with E-state index in [0.29, 0.717) is 6.42 Å². The largest absolute Gasteiger partial charge is 0.357 e. The Morgan fingerprint density at radius 2 is 1.90 bits per heavy atom. The summed E-state index contributed by atoms with van der Waals surface area (Å²) in [6, 6.07) is 11.6. The number of nitrogens with zero attached hydrogens (tertiary/aromatic N) is 1. The quantitative estimate of drug-likeness (QED) is 0.702. The monoisotopic (exact) mass is 407 g/mol. The SMILES string of the molecule is O=C1CCCC2=C1[C@H](c1cccs1)N(C(=O)NC1CCCC1)c1ccccc1N2. The maximum Gasteiger partial charge on any atom is 0.323 e. The lowest BCUT2D eigenvalue weighted by Gasteiger charge is -2.33. The number of Topliss-reactive ketones (excluding diaryl/α,β-unsaturated/α-hetero) is 1. The van der Waals surface area contributed by atoms with E-state index in [1.54, 1.807) is 11.3 Å². The van der Waals surface area contributed by atoms with Crippen molar-refractivity contribution in [2.24, 2.45) is 0 Å². The highest BCUT2D eigenvalue weighted by Crippen LogP contribution is 2.45. The fourth-order valence-electron chi connectivity index (χ4n) is 4.79. The molecule has 5 rings (SSSR count). The number of amides is 2. The van der Waals surface area contributed by atoms with Gasteiger partial charge in [0.25, 0.3) is 0 Å². The van der Waals surface area contributed by atoms with E-state index < -0.39 is 6.04 Å². The maximum absolute atomic E-state index is 13.6. The van der Waals surface area contributed by atoms with Gasteiger partial charge >= 0.3 is 6.03 Å². The van der Waals surface area contributed by atoms with E-state index in [9.17, 15) is 9.59 Å². The Hall–Kier alpha value is -2.60. The van der Waals surface area contributed by atoms with Gasteiger partial charge < -0.3 is 10.6 Å². The molecule has 29 heavy (non-hydrogen) atoms. The minimum absolute atomic E-state index is 0.114. The van der Waals surface area contributed by atoms with Crippen LogP contribution in [0.4, 0.5) is 16.2 Å². The zero-order chi connectivity index (χ0) is 19.8. The topological polar surface area (TPSA) is 61.4 Å². The van der Waals surface area contributed by atoms with Crippen LogP contribution < -0.4 is 15.5 Å². The van der Waals surface area contributed by atoms with Crippen LogP contribution in [0.1, 0.15) is 55.9 Å². The van der Waals surface area contributed by atoms with Crippen LogP contribution in [0, 0.1) is 0 Å². The summed E-state index contributed by atoms with van der Waals surface area (Å²) in [7, 11) is 0. The molecule has 3 aliphatic rings. The van der Waals surface area contributed by atoms with Crippen molar-refractivity contribution in [3.8, 4) is 0 Å². The maximum atomic E-state index is 13.6. The molecule has 2 aliphatic carbocycles. The van der Waals surface area contributed by atoms with E-state index >= 15 is 0 Å². The van der Waals surface area contributed by atoms with Crippen LogP contribution in [-0.2, 0) is 4.79 Å². The Labute approximate surface area is 174 Å². The van der Waals surface area contributed by atoms with Crippen molar-refractivity contribution in [2.75, 3.05) is 10.2 Å². The molecule has 0 bridgehead atoms. The lowest BCUT2D eigenvalue weighted by atomic mass is 9.88. The number of anilines is 2. The van der Waals surface area contributed by atoms with Gasteiger partial charge in [0.1, 0.15) is 6.04 Å². The molecular weight excluding hydrogens is 382 g/mol. The summed E-state index contributed by atoms with van der Waals surface area (Å²) in [6.45, 7) is 0. The van der Waals surface area contributed by atoms with Crippen LogP contribution >= 0.6 is 11.3 Å². The van der Waals surface area contributed by atoms with Crippen molar-refractivity contribution in [3.05, 3.63) is 57.9 Å². The van der Waals surface area contributed by atoms with Gasteiger partial charge in [-0.2, -0.15) is 0 Å². The lowest BCUT2D eigenvalue weighted by molar-refractivity contribution is -0.116. The van der Waals surface area contributed by atoms with Crippen LogP contribution in [0.15, 0.2) is 53.0 Å². The molecular formula is C23H25N3O2S. The predicted molar refractivity (Wildman–Crippen MR) is 116 cm³/mol. The molecule has 6 heteroatoms. The molecule has 0 unspecified atom stereocenters. The van der Waals surface area contributed by atoms with Gasteiger partial charge in [0.2, 0.25) is 0 Å². The molecule has 1 atom stereocenters. The summed E-state index contributed by atoms with van der Waals surface area (Å²) in [4.78, 5) is 29.6. The van der Waals surface area contributed by atoms with Crippen LogP contribution in [0.25, 0.3) is 0 Å². The van der Waals surface area contributed by atoms with E-state index in [1.807, 2.05) is 46.7 Å². The van der Waals surface area contributed by atoms with Crippen molar-refractivity contribution >= 4 is 34.5 Å². The molecule has 0 spiro atoms. The molecule has 1 aromatic heterocycles. The molecule has 2 aromatic rings. The van der Waals surface area contributed by atoms with E-state index in [1.165, 1.54) is 0 Å². The van der Waals surface area contributed by atoms with E-state index in [0.717, 1.165) is 66.0 Å². The number of nitrogens with one attached hydrogen (secondary N) is 2. The Kier molecular flexibility index (Phi) is 4.87. The molecule has 1 saturated carbocycles. The first kappa shape index (κ1) is 18.4.